The normalized spacial score (nSPS) is 13.0. The zero-order chi connectivity index (χ0) is 22.7. The fourth-order valence-electron chi connectivity index (χ4n) is 2.77. The van der Waals surface area contributed by atoms with Gasteiger partial charge in [0.2, 0.25) is 0 Å². The molecule has 9 heteroatoms. The molecular formula is C22H24ClFN4O3. The first kappa shape index (κ1) is 22.4. The van der Waals surface area contributed by atoms with E-state index in [0.29, 0.717) is 33.7 Å². The van der Waals surface area contributed by atoms with Crippen LogP contribution in [0.2, 0.25) is 5.02 Å². The molecule has 7 nitrogen and oxygen atoms in total. The maximum absolute atomic E-state index is 14.8. The predicted molar refractivity (Wildman–Crippen MR) is 119 cm³/mol. The summed E-state index contributed by atoms with van der Waals surface area (Å²) >= 11 is 6.32. The summed E-state index contributed by atoms with van der Waals surface area (Å²) in [5, 5.41) is 4.63. The van der Waals surface area contributed by atoms with Gasteiger partial charge in [-0.25, -0.2) is 4.39 Å². The highest BCUT2D eigenvalue weighted by Crippen LogP contribution is 2.38. The van der Waals surface area contributed by atoms with E-state index in [4.69, 9.17) is 21.1 Å². The van der Waals surface area contributed by atoms with Crippen LogP contribution >= 0.6 is 11.6 Å². The monoisotopic (exact) mass is 446 g/mol. The zero-order valence-corrected chi connectivity index (χ0v) is 18.6. The lowest BCUT2D eigenvalue weighted by Crippen LogP contribution is -2.27. The number of benzene rings is 2. The topological polar surface area (TPSA) is 66.4 Å². The molecule has 0 aromatic heterocycles. The third-order valence-electron chi connectivity index (χ3n) is 4.81. The molecule has 3 rings (SSSR count). The van der Waals surface area contributed by atoms with Gasteiger partial charge < -0.3 is 19.3 Å². The predicted octanol–water partition coefficient (Wildman–Crippen LogP) is 3.62. The van der Waals surface area contributed by atoms with Crippen molar-refractivity contribution in [2.45, 2.75) is 6.92 Å². The van der Waals surface area contributed by atoms with Crippen LogP contribution in [0.3, 0.4) is 0 Å². The van der Waals surface area contributed by atoms with Crippen molar-refractivity contribution in [2.75, 3.05) is 34.4 Å². The van der Waals surface area contributed by atoms with Gasteiger partial charge in [0, 0.05) is 37.3 Å². The second-order valence-electron chi connectivity index (χ2n) is 7.25. The summed E-state index contributed by atoms with van der Waals surface area (Å²) in [5.41, 5.74) is 4.28. The number of nitrogens with zero attached hydrogens (tertiary/aromatic N) is 3. The standard InChI is InChI=1S/C22H24ClFN4O3/c1-13-8-20(31-11-21-26-25-14(2)28(21)5)17(10-18(13)23)16-9-15(6-7-19(16)24)30-12-22(29)27(3)4/h6-10,25H,2,11-12H2,1,3-5H3. The van der Waals surface area contributed by atoms with Crippen LogP contribution in [0.15, 0.2) is 47.8 Å². The lowest BCUT2D eigenvalue weighted by Gasteiger charge is -2.18. The number of rotatable bonds is 7. The Bertz CT molecular complexity index is 1060. The fraction of sp³-hybridized carbons (Fsp3) is 0.273. The Morgan fingerprint density at radius 1 is 1.26 bits per heavy atom. The van der Waals surface area contributed by atoms with Crippen LogP contribution in [0.5, 0.6) is 11.5 Å². The third kappa shape index (κ3) is 5.08. The Kier molecular flexibility index (Phi) is 6.70. The van der Waals surface area contributed by atoms with Crippen LogP contribution in [-0.4, -0.2) is 55.9 Å². The molecular weight excluding hydrogens is 423 g/mol. The summed E-state index contributed by atoms with van der Waals surface area (Å²) in [6.45, 7) is 5.66. The molecule has 2 aromatic carbocycles. The van der Waals surface area contributed by atoms with Crippen molar-refractivity contribution in [3.8, 4) is 22.6 Å². The molecule has 0 atom stereocenters. The van der Waals surface area contributed by atoms with Gasteiger partial charge in [0.25, 0.3) is 5.91 Å². The van der Waals surface area contributed by atoms with Crippen molar-refractivity contribution in [3.63, 3.8) is 0 Å². The van der Waals surface area contributed by atoms with E-state index in [-0.39, 0.29) is 24.7 Å². The van der Waals surface area contributed by atoms with E-state index in [9.17, 15) is 9.18 Å². The Labute approximate surface area is 185 Å². The molecule has 0 unspecified atom stereocenters. The number of hydrazone groups is 1. The maximum Gasteiger partial charge on any atom is 0.259 e. The van der Waals surface area contributed by atoms with Crippen LogP contribution < -0.4 is 14.9 Å². The van der Waals surface area contributed by atoms with Gasteiger partial charge in [-0.1, -0.05) is 18.2 Å². The highest BCUT2D eigenvalue weighted by molar-refractivity contribution is 6.31. The summed E-state index contributed by atoms with van der Waals surface area (Å²) in [6, 6.07) is 7.67. The molecule has 31 heavy (non-hydrogen) atoms. The number of hydrogen-bond acceptors (Lipinski definition) is 6. The molecule has 0 spiro atoms. The summed E-state index contributed by atoms with van der Waals surface area (Å²) in [5.74, 6) is 1.38. The first-order valence-corrected chi connectivity index (χ1v) is 9.86. The van der Waals surface area contributed by atoms with Gasteiger partial charge in [-0.3, -0.25) is 10.2 Å². The molecule has 1 aliphatic rings. The van der Waals surface area contributed by atoms with Gasteiger partial charge in [0.15, 0.2) is 12.4 Å². The lowest BCUT2D eigenvalue weighted by molar-refractivity contribution is -0.130. The molecule has 0 radical (unpaired) electrons. The lowest BCUT2D eigenvalue weighted by atomic mass is 10.0. The number of hydrogen-bond donors (Lipinski definition) is 1. The minimum absolute atomic E-state index is 0.145. The summed E-state index contributed by atoms with van der Waals surface area (Å²) < 4.78 is 26.3. The summed E-state index contributed by atoms with van der Waals surface area (Å²) in [4.78, 5) is 15.0. The molecule has 1 N–H and O–H groups in total. The van der Waals surface area contributed by atoms with Gasteiger partial charge in [-0.2, -0.15) is 5.10 Å². The average molecular weight is 447 g/mol. The number of nitrogens with one attached hydrogen (secondary N) is 1. The number of amides is 1. The SMILES string of the molecule is C=C1NN=C(COc2cc(C)c(Cl)cc2-c2cc(OCC(=O)N(C)C)ccc2F)N1C. The fourth-order valence-corrected chi connectivity index (χ4v) is 2.93. The minimum atomic E-state index is -0.471. The first-order chi connectivity index (χ1) is 14.7. The number of amidine groups is 1. The van der Waals surface area contributed by atoms with Crippen molar-refractivity contribution in [3.05, 3.63) is 59.1 Å². The van der Waals surface area contributed by atoms with Crippen molar-refractivity contribution in [2.24, 2.45) is 5.10 Å². The van der Waals surface area contributed by atoms with Crippen LogP contribution in [0, 0.1) is 12.7 Å². The summed E-state index contributed by atoms with van der Waals surface area (Å²) in [6.07, 6.45) is 0. The Balaban J connectivity index is 1.90. The molecule has 0 saturated carbocycles. The van der Waals surface area contributed by atoms with E-state index < -0.39 is 5.82 Å². The Hall–Kier alpha value is -3.26. The van der Waals surface area contributed by atoms with Gasteiger partial charge in [0.05, 0.1) is 0 Å². The molecule has 1 amide bonds. The number of halogens is 2. The molecule has 0 aliphatic carbocycles. The molecule has 2 aromatic rings. The van der Waals surface area contributed by atoms with E-state index in [2.05, 4.69) is 17.1 Å². The van der Waals surface area contributed by atoms with E-state index in [0.717, 1.165) is 5.56 Å². The number of ether oxygens (including phenoxy) is 2. The molecule has 0 saturated heterocycles. The largest absolute Gasteiger partial charge is 0.485 e. The van der Waals surface area contributed by atoms with Gasteiger partial charge in [0.1, 0.15) is 29.7 Å². The van der Waals surface area contributed by atoms with Crippen LogP contribution in [0.1, 0.15) is 5.56 Å². The van der Waals surface area contributed by atoms with Gasteiger partial charge in [-0.05, 0) is 42.8 Å². The quantitative estimate of drug-likeness (QED) is 0.703. The van der Waals surface area contributed by atoms with Crippen LogP contribution in [0.4, 0.5) is 4.39 Å². The first-order valence-electron chi connectivity index (χ1n) is 9.48. The molecule has 0 bridgehead atoms. The van der Waals surface area contributed by atoms with Crippen LogP contribution in [-0.2, 0) is 4.79 Å². The second kappa shape index (κ2) is 9.26. The highest BCUT2D eigenvalue weighted by Gasteiger charge is 2.20. The van der Waals surface area contributed by atoms with Gasteiger partial charge >= 0.3 is 0 Å². The number of carbonyl (C=O) groups excluding carboxylic acids is 1. The second-order valence-corrected chi connectivity index (χ2v) is 7.66. The molecule has 1 aliphatic heterocycles. The van der Waals surface area contributed by atoms with Crippen molar-refractivity contribution < 1.29 is 18.7 Å². The maximum atomic E-state index is 14.8. The number of likely N-dealkylation sites (N-methyl/N-ethyl adjacent to an activating group) is 2. The number of carbonyl (C=O) groups is 1. The van der Waals surface area contributed by atoms with E-state index in [1.807, 2.05) is 14.0 Å². The number of aryl methyl sites for hydroxylation is 1. The average Bonchev–Trinajstić information content (AvgIpc) is 3.05. The Morgan fingerprint density at radius 2 is 2.00 bits per heavy atom. The van der Waals surface area contributed by atoms with E-state index in [1.54, 1.807) is 31.1 Å². The zero-order valence-electron chi connectivity index (χ0n) is 17.8. The van der Waals surface area contributed by atoms with Crippen molar-refractivity contribution >= 4 is 23.3 Å². The van der Waals surface area contributed by atoms with Crippen molar-refractivity contribution in [1.82, 2.24) is 15.2 Å². The molecule has 164 valence electrons. The smallest absolute Gasteiger partial charge is 0.259 e. The van der Waals surface area contributed by atoms with Crippen molar-refractivity contribution in [1.29, 1.82) is 0 Å². The Morgan fingerprint density at radius 3 is 2.65 bits per heavy atom. The third-order valence-corrected chi connectivity index (χ3v) is 5.22. The van der Waals surface area contributed by atoms with E-state index >= 15 is 0 Å². The van der Waals surface area contributed by atoms with Gasteiger partial charge in [-0.15, -0.1) is 0 Å². The molecule has 0 fully saturated rings. The summed E-state index contributed by atoms with van der Waals surface area (Å²) in [7, 11) is 5.08. The van der Waals surface area contributed by atoms with Crippen LogP contribution in [0.25, 0.3) is 11.1 Å². The van der Waals surface area contributed by atoms with E-state index in [1.165, 1.54) is 23.1 Å². The molecule has 1 heterocycles. The highest BCUT2D eigenvalue weighted by atomic mass is 35.5. The minimum Gasteiger partial charge on any atom is -0.485 e.